The van der Waals surface area contributed by atoms with Crippen LogP contribution in [0.5, 0.6) is 0 Å². The third-order valence-corrected chi connectivity index (χ3v) is 5.96. The Bertz CT molecular complexity index is 834. The first-order valence-corrected chi connectivity index (χ1v) is 10.7. The van der Waals surface area contributed by atoms with E-state index >= 15 is 0 Å². The van der Waals surface area contributed by atoms with Gasteiger partial charge in [0.05, 0.1) is 0 Å². The Kier molecular flexibility index (Phi) is 5.88. The second-order valence-corrected chi connectivity index (χ2v) is 9.04. The monoisotopic (exact) mass is 376 g/mol. The topological polar surface area (TPSA) is 6.48 Å². The summed E-state index contributed by atoms with van der Waals surface area (Å²) in [6.45, 7) is 18.2. The Hall–Kier alpha value is -2.22. The molecule has 0 N–H and O–H groups in total. The average molecular weight is 377 g/mol. The molecule has 1 aliphatic rings. The lowest BCUT2D eigenvalue weighted by molar-refractivity contribution is 0.726. The molecule has 28 heavy (non-hydrogen) atoms. The van der Waals surface area contributed by atoms with E-state index in [2.05, 4.69) is 114 Å². The third kappa shape index (κ3) is 3.70. The summed E-state index contributed by atoms with van der Waals surface area (Å²) >= 11 is 0. The minimum atomic E-state index is 0.251. The first kappa shape index (κ1) is 20.5. The molecule has 0 bridgehead atoms. The fourth-order valence-electron chi connectivity index (χ4n) is 4.21. The van der Waals surface area contributed by atoms with Crippen molar-refractivity contribution in [1.82, 2.24) is 0 Å². The Morgan fingerprint density at radius 1 is 0.750 bits per heavy atom. The number of rotatable bonds is 5. The number of hydrogen-bond acceptors (Lipinski definition) is 2. The maximum absolute atomic E-state index is 2.46. The average Bonchev–Trinajstić information content (AvgIpc) is 3.01. The molecule has 0 radical (unpaired) electrons. The van der Waals surface area contributed by atoms with E-state index in [0.717, 1.165) is 0 Å². The van der Waals surface area contributed by atoms with Crippen molar-refractivity contribution in [1.29, 1.82) is 0 Å². The molecule has 1 atom stereocenters. The van der Waals surface area contributed by atoms with E-state index in [4.69, 9.17) is 0 Å². The van der Waals surface area contributed by atoms with Crippen LogP contribution in [0.3, 0.4) is 0 Å². The van der Waals surface area contributed by atoms with Gasteiger partial charge < -0.3 is 9.80 Å². The number of para-hydroxylation sites is 1. The Morgan fingerprint density at radius 2 is 1.32 bits per heavy atom. The van der Waals surface area contributed by atoms with Gasteiger partial charge in [0.25, 0.3) is 0 Å². The van der Waals surface area contributed by atoms with Crippen LogP contribution in [0.15, 0.2) is 48.8 Å². The molecule has 0 unspecified atom stereocenters. The van der Waals surface area contributed by atoms with Gasteiger partial charge in [0.15, 0.2) is 0 Å². The second-order valence-electron chi connectivity index (χ2n) is 9.04. The molecule has 0 saturated heterocycles. The highest BCUT2D eigenvalue weighted by molar-refractivity contribution is 5.69. The Morgan fingerprint density at radius 3 is 1.82 bits per heavy atom. The van der Waals surface area contributed by atoms with E-state index in [1.165, 1.54) is 33.6 Å². The van der Waals surface area contributed by atoms with E-state index in [0.29, 0.717) is 17.8 Å². The molecule has 3 rings (SSSR count). The second kappa shape index (κ2) is 8.03. The quantitative estimate of drug-likeness (QED) is 0.533. The first-order chi connectivity index (χ1) is 13.2. The van der Waals surface area contributed by atoms with Crippen molar-refractivity contribution < 1.29 is 0 Å². The molecule has 1 heterocycles. The van der Waals surface area contributed by atoms with Gasteiger partial charge in [-0.3, -0.25) is 0 Å². The zero-order chi connectivity index (χ0) is 20.6. The van der Waals surface area contributed by atoms with Crippen molar-refractivity contribution in [2.24, 2.45) is 0 Å². The zero-order valence-electron chi connectivity index (χ0n) is 18.8. The molecule has 2 aromatic rings. The number of hydrogen-bond donors (Lipinski definition) is 0. The molecule has 1 aliphatic heterocycles. The van der Waals surface area contributed by atoms with Crippen molar-refractivity contribution in [3.63, 3.8) is 0 Å². The summed E-state index contributed by atoms with van der Waals surface area (Å²) in [5.41, 5.74) is 8.28. The summed E-state index contributed by atoms with van der Waals surface area (Å²) in [6.07, 6.45) is 4.75. The van der Waals surface area contributed by atoms with Gasteiger partial charge in [-0.05, 0) is 59.9 Å². The third-order valence-electron chi connectivity index (χ3n) is 5.96. The Labute approximate surface area is 171 Å². The van der Waals surface area contributed by atoms with E-state index in [1.807, 2.05) is 0 Å². The van der Waals surface area contributed by atoms with Gasteiger partial charge in [-0.1, -0.05) is 71.9 Å². The van der Waals surface area contributed by atoms with Crippen LogP contribution >= 0.6 is 0 Å². The maximum atomic E-state index is 2.46. The summed E-state index contributed by atoms with van der Waals surface area (Å²) < 4.78 is 0. The maximum Gasteiger partial charge on any atom is 0.107 e. The lowest BCUT2D eigenvalue weighted by Crippen LogP contribution is -2.37. The van der Waals surface area contributed by atoms with Crippen LogP contribution in [-0.2, 0) is 0 Å². The largest absolute Gasteiger partial charge is 0.325 e. The standard InChI is InChI=1S/C26H36N2/c1-17(2)22-12-13-25(20(7)16-22)27-14-15-28(21(27)8)26-23(18(3)4)10-9-11-24(26)19(5)6/h9-19,21H,1-8H3/t21-/m0/s1. The molecule has 0 aliphatic carbocycles. The number of anilines is 2. The summed E-state index contributed by atoms with van der Waals surface area (Å²) in [7, 11) is 0. The molecule has 2 aromatic carbocycles. The molecule has 150 valence electrons. The van der Waals surface area contributed by atoms with Gasteiger partial charge in [-0.25, -0.2) is 0 Å². The van der Waals surface area contributed by atoms with Crippen LogP contribution < -0.4 is 9.80 Å². The highest BCUT2D eigenvalue weighted by atomic mass is 15.4. The van der Waals surface area contributed by atoms with Crippen LogP contribution in [-0.4, -0.2) is 6.17 Å². The molecule has 0 aromatic heterocycles. The molecule has 0 saturated carbocycles. The SMILES string of the molecule is Cc1cc(C(C)C)ccc1N1C=CN(c2c(C(C)C)cccc2C(C)C)[C@H]1C. The first-order valence-electron chi connectivity index (χ1n) is 10.7. The van der Waals surface area contributed by atoms with Gasteiger partial charge in [-0.15, -0.1) is 0 Å². The molecular formula is C26H36N2. The predicted octanol–water partition coefficient (Wildman–Crippen LogP) is 7.51. The fourth-order valence-corrected chi connectivity index (χ4v) is 4.21. The van der Waals surface area contributed by atoms with E-state index in [1.54, 1.807) is 0 Å². The van der Waals surface area contributed by atoms with Crippen molar-refractivity contribution >= 4 is 11.4 Å². The van der Waals surface area contributed by atoms with Gasteiger partial charge in [0.1, 0.15) is 6.17 Å². The van der Waals surface area contributed by atoms with Crippen molar-refractivity contribution in [3.8, 4) is 0 Å². The lowest BCUT2D eigenvalue weighted by atomic mass is 9.92. The van der Waals surface area contributed by atoms with Crippen LogP contribution in [0.25, 0.3) is 0 Å². The predicted molar refractivity (Wildman–Crippen MR) is 123 cm³/mol. The van der Waals surface area contributed by atoms with E-state index < -0.39 is 0 Å². The molecule has 2 heteroatoms. The smallest absolute Gasteiger partial charge is 0.107 e. The van der Waals surface area contributed by atoms with Crippen LogP contribution in [0, 0.1) is 6.92 Å². The number of benzene rings is 2. The summed E-state index contributed by atoms with van der Waals surface area (Å²) in [4.78, 5) is 4.86. The number of nitrogens with zero attached hydrogens (tertiary/aromatic N) is 2. The van der Waals surface area contributed by atoms with E-state index in [-0.39, 0.29) is 6.17 Å². The normalized spacial score (nSPS) is 16.9. The lowest BCUT2D eigenvalue weighted by Gasteiger charge is -2.34. The fraction of sp³-hybridized carbons (Fsp3) is 0.462. The van der Waals surface area contributed by atoms with E-state index in [9.17, 15) is 0 Å². The minimum absolute atomic E-state index is 0.251. The van der Waals surface area contributed by atoms with Crippen LogP contribution in [0.4, 0.5) is 11.4 Å². The van der Waals surface area contributed by atoms with Crippen LogP contribution in [0.2, 0.25) is 0 Å². The van der Waals surface area contributed by atoms with Gasteiger partial charge in [0, 0.05) is 23.8 Å². The molecule has 2 nitrogen and oxygen atoms in total. The zero-order valence-corrected chi connectivity index (χ0v) is 18.8. The summed E-state index contributed by atoms with van der Waals surface area (Å²) in [5, 5.41) is 0. The minimum Gasteiger partial charge on any atom is -0.325 e. The molecular weight excluding hydrogens is 340 g/mol. The van der Waals surface area contributed by atoms with Crippen molar-refractivity contribution in [2.45, 2.75) is 79.3 Å². The number of aryl methyl sites for hydroxylation is 1. The van der Waals surface area contributed by atoms with Gasteiger partial charge in [0.2, 0.25) is 0 Å². The highest BCUT2D eigenvalue weighted by Crippen LogP contribution is 2.40. The van der Waals surface area contributed by atoms with Crippen molar-refractivity contribution in [2.75, 3.05) is 9.80 Å². The highest BCUT2D eigenvalue weighted by Gasteiger charge is 2.29. The summed E-state index contributed by atoms with van der Waals surface area (Å²) in [5.74, 6) is 1.55. The Balaban J connectivity index is 2.00. The molecule has 0 spiro atoms. The van der Waals surface area contributed by atoms with Crippen LogP contribution in [0.1, 0.15) is 88.5 Å². The van der Waals surface area contributed by atoms with Crippen molar-refractivity contribution in [3.05, 3.63) is 71.1 Å². The van der Waals surface area contributed by atoms with Gasteiger partial charge >= 0.3 is 0 Å². The molecule has 0 fully saturated rings. The molecule has 0 amide bonds. The summed E-state index contributed by atoms with van der Waals surface area (Å²) in [6, 6.07) is 13.7. The van der Waals surface area contributed by atoms with Gasteiger partial charge in [-0.2, -0.15) is 0 Å².